The fraction of sp³-hybridized carbons (Fsp3) is 0.350. The van der Waals surface area contributed by atoms with Crippen molar-refractivity contribution in [2.24, 2.45) is 0 Å². The standard InChI is InChI=1S/C20H23N3O/c1-2-4-16(5-3-1)12-19-13-21-22-20(19)18-6-9-23(10-7-18)14-17-8-11-24-15-17/h1-5,8,11,13,15,18H,6-7,9-10,12,14H2,(H,21,22). The second-order valence-electron chi connectivity index (χ2n) is 6.65. The molecule has 1 aliphatic rings. The van der Waals surface area contributed by atoms with E-state index in [1.54, 1.807) is 6.26 Å². The summed E-state index contributed by atoms with van der Waals surface area (Å²) in [6, 6.07) is 12.7. The molecule has 3 aromatic rings. The first kappa shape index (κ1) is 15.2. The number of nitrogens with one attached hydrogen (secondary N) is 1. The van der Waals surface area contributed by atoms with Gasteiger partial charge in [-0.15, -0.1) is 0 Å². The van der Waals surface area contributed by atoms with Gasteiger partial charge >= 0.3 is 0 Å². The van der Waals surface area contributed by atoms with Gasteiger partial charge in [0.05, 0.1) is 18.7 Å². The zero-order valence-corrected chi connectivity index (χ0v) is 13.8. The van der Waals surface area contributed by atoms with E-state index in [1.165, 1.54) is 35.2 Å². The maximum atomic E-state index is 5.17. The molecular weight excluding hydrogens is 298 g/mol. The molecule has 24 heavy (non-hydrogen) atoms. The van der Waals surface area contributed by atoms with E-state index >= 15 is 0 Å². The fourth-order valence-corrected chi connectivity index (χ4v) is 3.65. The maximum absolute atomic E-state index is 5.17. The van der Waals surface area contributed by atoms with E-state index in [9.17, 15) is 0 Å². The van der Waals surface area contributed by atoms with E-state index in [0.29, 0.717) is 5.92 Å². The summed E-state index contributed by atoms with van der Waals surface area (Å²) in [4.78, 5) is 2.51. The highest BCUT2D eigenvalue weighted by Gasteiger charge is 2.24. The maximum Gasteiger partial charge on any atom is 0.0947 e. The molecule has 124 valence electrons. The smallest absolute Gasteiger partial charge is 0.0947 e. The number of aromatic nitrogens is 2. The SMILES string of the molecule is c1ccc(Cc2cn[nH]c2C2CCN(Cc3ccoc3)CC2)cc1. The van der Waals surface area contributed by atoms with Gasteiger partial charge in [-0.3, -0.25) is 10.00 Å². The summed E-state index contributed by atoms with van der Waals surface area (Å²) >= 11 is 0. The first-order valence-corrected chi connectivity index (χ1v) is 8.68. The summed E-state index contributed by atoms with van der Waals surface area (Å²) in [6.45, 7) is 3.24. The third-order valence-electron chi connectivity index (χ3n) is 4.97. The monoisotopic (exact) mass is 321 g/mol. The molecule has 0 amide bonds. The normalized spacial score (nSPS) is 16.5. The van der Waals surface area contributed by atoms with Gasteiger partial charge in [0.1, 0.15) is 0 Å². The molecule has 0 unspecified atom stereocenters. The highest BCUT2D eigenvalue weighted by atomic mass is 16.3. The van der Waals surface area contributed by atoms with Crippen molar-refractivity contribution in [3.63, 3.8) is 0 Å². The molecule has 2 aromatic heterocycles. The zero-order chi connectivity index (χ0) is 16.2. The zero-order valence-electron chi connectivity index (χ0n) is 13.8. The van der Waals surface area contributed by atoms with Crippen LogP contribution < -0.4 is 0 Å². The Hall–Kier alpha value is -2.33. The molecular formula is C20H23N3O. The molecule has 4 rings (SSSR count). The van der Waals surface area contributed by atoms with Crippen LogP contribution in [0.15, 0.2) is 59.5 Å². The number of benzene rings is 1. The van der Waals surface area contributed by atoms with Gasteiger partial charge in [-0.25, -0.2) is 0 Å². The van der Waals surface area contributed by atoms with Crippen molar-refractivity contribution in [3.8, 4) is 0 Å². The summed E-state index contributed by atoms with van der Waals surface area (Å²) in [6.07, 6.45) is 8.92. The van der Waals surface area contributed by atoms with Crippen molar-refractivity contribution in [3.05, 3.63) is 77.5 Å². The van der Waals surface area contributed by atoms with Crippen LogP contribution >= 0.6 is 0 Å². The van der Waals surface area contributed by atoms with Gasteiger partial charge in [0.15, 0.2) is 0 Å². The Morgan fingerprint density at radius 3 is 2.67 bits per heavy atom. The topological polar surface area (TPSA) is 45.1 Å². The molecule has 3 heterocycles. The minimum atomic E-state index is 0.590. The van der Waals surface area contributed by atoms with Gasteiger partial charge < -0.3 is 4.42 Å². The minimum absolute atomic E-state index is 0.590. The lowest BCUT2D eigenvalue weighted by Gasteiger charge is -2.31. The summed E-state index contributed by atoms with van der Waals surface area (Å²) < 4.78 is 5.17. The second kappa shape index (κ2) is 7.05. The third kappa shape index (κ3) is 3.44. The molecule has 1 fully saturated rings. The second-order valence-corrected chi connectivity index (χ2v) is 6.65. The number of H-pyrrole nitrogens is 1. The Morgan fingerprint density at radius 1 is 1.08 bits per heavy atom. The number of aromatic amines is 1. The van der Waals surface area contributed by atoms with Crippen LogP contribution in [0.4, 0.5) is 0 Å². The fourth-order valence-electron chi connectivity index (χ4n) is 3.65. The number of hydrogen-bond acceptors (Lipinski definition) is 3. The number of hydrogen-bond donors (Lipinski definition) is 1. The molecule has 0 saturated carbocycles. The van der Waals surface area contributed by atoms with Crippen molar-refractivity contribution >= 4 is 0 Å². The van der Waals surface area contributed by atoms with Crippen LogP contribution in [-0.2, 0) is 13.0 Å². The average Bonchev–Trinajstić information content (AvgIpc) is 3.29. The first-order valence-electron chi connectivity index (χ1n) is 8.68. The minimum Gasteiger partial charge on any atom is -0.472 e. The lowest BCUT2D eigenvalue weighted by atomic mass is 9.89. The number of piperidine rings is 1. The Balaban J connectivity index is 1.38. The van der Waals surface area contributed by atoms with E-state index in [1.807, 2.05) is 12.5 Å². The van der Waals surface area contributed by atoms with E-state index < -0.39 is 0 Å². The molecule has 0 radical (unpaired) electrons. The van der Waals surface area contributed by atoms with Gasteiger partial charge in [-0.05, 0) is 43.1 Å². The predicted octanol–water partition coefficient (Wildman–Crippen LogP) is 3.97. The van der Waals surface area contributed by atoms with E-state index in [0.717, 1.165) is 26.1 Å². The molecule has 4 nitrogen and oxygen atoms in total. The van der Waals surface area contributed by atoms with Crippen molar-refractivity contribution in [2.75, 3.05) is 13.1 Å². The molecule has 1 saturated heterocycles. The van der Waals surface area contributed by atoms with Crippen molar-refractivity contribution in [1.82, 2.24) is 15.1 Å². The van der Waals surface area contributed by atoms with Gasteiger partial charge in [0.25, 0.3) is 0 Å². The Labute approximate surface area is 142 Å². The van der Waals surface area contributed by atoms with Crippen LogP contribution in [0.1, 0.15) is 41.1 Å². The van der Waals surface area contributed by atoms with Crippen LogP contribution in [0, 0.1) is 0 Å². The van der Waals surface area contributed by atoms with Crippen molar-refractivity contribution in [2.45, 2.75) is 31.7 Å². The van der Waals surface area contributed by atoms with Crippen LogP contribution in [0.25, 0.3) is 0 Å². The quantitative estimate of drug-likeness (QED) is 0.773. The molecule has 0 bridgehead atoms. The van der Waals surface area contributed by atoms with Crippen LogP contribution in [0.5, 0.6) is 0 Å². The molecule has 1 N–H and O–H groups in total. The van der Waals surface area contributed by atoms with E-state index in [2.05, 4.69) is 51.5 Å². The number of nitrogens with zero attached hydrogens (tertiary/aromatic N) is 2. The Bertz CT molecular complexity index is 740. The molecule has 1 aliphatic heterocycles. The summed E-state index contributed by atoms with van der Waals surface area (Å²) in [5, 5.41) is 7.59. The molecule has 0 aliphatic carbocycles. The third-order valence-corrected chi connectivity index (χ3v) is 4.97. The largest absolute Gasteiger partial charge is 0.472 e. The van der Waals surface area contributed by atoms with Crippen molar-refractivity contribution < 1.29 is 4.42 Å². The first-order chi connectivity index (χ1) is 11.9. The number of likely N-dealkylation sites (tertiary alicyclic amines) is 1. The predicted molar refractivity (Wildman–Crippen MR) is 93.8 cm³/mol. The van der Waals surface area contributed by atoms with E-state index in [4.69, 9.17) is 4.42 Å². The lowest BCUT2D eigenvalue weighted by Crippen LogP contribution is -2.32. The highest BCUT2D eigenvalue weighted by Crippen LogP contribution is 2.30. The average molecular weight is 321 g/mol. The summed E-state index contributed by atoms with van der Waals surface area (Å²) in [7, 11) is 0. The number of furan rings is 1. The van der Waals surface area contributed by atoms with Crippen LogP contribution in [0.3, 0.4) is 0 Å². The Morgan fingerprint density at radius 2 is 1.92 bits per heavy atom. The van der Waals surface area contributed by atoms with Crippen LogP contribution in [0.2, 0.25) is 0 Å². The summed E-state index contributed by atoms with van der Waals surface area (Å²) in [5.41, 5.74) is 5.29. The molecule has 4 heteroatoms. The molecule has 0 atom stereocenters. The number of rotatable bonds is 5. The molecule has 1 aromatic carbocycles. The van der Waals surface area contributed by atoms with Crippen LogP contribution in [-0.4, -0.2) is 28.2 Å². The van der Waals surface area contributed by atoms with E-state index in [-0.39, 0.29) is 0 Å². The highest BCUT2D eigenvalue weighted by molar-refractivity contribution is 5.29. The molecule has 0 spiro atoms. The van der Waals surface area contributed by atoms with Gasteiger partial charge in [0.2, 0.25) is 0 Å². The van der Waals surface area contributed by atoms with Gasteiger partial charge in [0, 0.05) is 30.1 Å². The lowest BCUT2D eigenvalue weighted by molar-refractivity contribution is 0.202. The Kier molecular flexibility index (Phi) is 4.47. The van der Waals surface area contributed by atoms with Gasteiger partial charge in [-0.2, -0.15) is 5.10 Å². The van der Waals surface area contributed by atoms with Gasteiger partial charge in [-0.1, -0.05) is 30.3 Å². The summed E-state index contributed by atoms with van der Waals surface area (Å²) in [5.74, 6) is 0.590. The van der Waals surface area contributed by atoms with Crippen molar-refractivity contribution in [1.29, 1.82) is 0 Å².